The summed E-state index contributed by atoms with van der Waals surface area (Å²) in [7, 11) is 0. The van der Waals surface area contributed by atoms with Crippen LogP contribution in [0.3, 0.4) is 0 Å². The second-order valence-electron chi connectivity index (χ2n) is 8.73. The maximum absolute atomic E-state index is 9.07. The van der Waals surface area contributed by atoms with Crippen LogP contribution in [0.4, 0.5) is 0 Å². The molecule has 6 nitrogen and oxygen atoms in total. The fraction of sp³-hybridized carbons (Fsp3) is 0. The van der Waals surface area contributed by atoms with E-state index in [1.807, 2.05) is 91.0 Å². The smallest absolute Gasteiger partial charge is 0.127 e. The number of phenols is 3. The van der Waals surface area contributed by atoms with Crippen molar-refractivity contribution in [3.05, 3.63) is 164 Å². The molecule has 1 radical (unpaired) electrons. The molecule has 0 fully saturated rings. The summed E-state index contributed by atoms with van der Waals surface area (Å²) in [6, 6.07) is 48.5. The minimum absolute atomic E-state index is 0. The average Bonchev–Trinajstić information content (AvgIpc) is 3.03. The van der Waals surface area contributed by atoms with E-state index >= 15 is 0 Å². The van der Waals surface area contributed by atoms with Gasteiger partial charge in [0.25, 0.3) is 0 Å². The first-order chi connectivity index (χ1) is 20.5. The quantitative estimate of drug-likeness (QED) is 0.162. The first-order valence-electron chi connectivity index (χ1n) is 13.1. The number of ether oxygens (including phenoxy) is 3. The summed E-state index contributed by atoms with van der Waals surface area (Å²) >= 11 is 0. The van der Waals surface area contributed by atoms with Gasteiger partial charge in [-0.25, -0.2) is 0 Å². The van der Waals surface area contributed by atoms with Gasteiger partial charge in [0.1, 0.15) is 51.7 Å². The molecule has 0 amide bonds. The van der Waals surface area contributed by atoms with Gasteiger partial charge in [0, 0.05) is 17.1 Å². The molecular formula is C36H30MnO6. The number of hydrogen-bond donors (Lipinski definition) is 3. The summed E-state index contributed by atoms with van der Waals surface area (Å²) in [5.41, 5.74) is 0. The molecule has 0 saturated carbocycles. The van der Waals surface area contributed by atoms with E-state index in [4.69, 9.17) is 29.5 Å². The van der Waals surface area contributed by atoms with Gasteiger partial charge in [0.05, 0.1) is 0 Å². The Morgan fingerprint density at radius 3 is 0.651 bits per heavy atom. The average molecular weight is 614 g/mol. The van der Waals surface area contributed by atoms with Crippen molar-refractivity contribution >= 4 is 0 Å². The van der Waals surface area contributed by atoms with E-state index in [1.54, 1.807) is 72.8 Å². The monoisotopic (exact) mass is 613 g/mol. The van der Waals surface area contributed by atoms with Gasteiger partial charge in [-0.3, -0.25) is 0 Å². The Balaban J connectivity index is 0.000000175. The fourth-order valence-corrected chi connectivity index (χ4v) is 3.42. The van der Waals surface area contributed by atoms with Crippen molar-refractivity contribution in [2.75, 3.05) is 0 Å². The van der Waals surface area contributed by atoms with Gasteiger partial charge in [-0.2, -0.15) is 0 Å². The number of hydrogen-bond acceptors (Lipinski definition) is 6. The second kappa shape index (κ2) is 17.5. The summed E-state index contributed by atoms with van der Waals surface area (Å²) < 4.78 is 16.6. The Morgan fingerprint density at radius 2 is 0.442 bits per heavy atom. The predicted octanol–water partition coefficient (Wildman–Crippen LogP) is 9.55. The molecule has 43 heavy (non-hydrogen) atoms. The van der Waals surface area contributed by atoms with Crippen LogP contribution in [0.2, 0.25) is 0 Å². The molecule has 6 aromatic rings. The van der Waals surface area contributed by atoms with Crippen molar-refractivity contribution in [3.8, 4) is 51.7 Å². The normalized spacial score (nSPS) is 9.49. The van der Waals surface area contributed by atoms with Crippen molar-refractivity contribution < 1.29 is 46.6 Å². The van der Waals surface area contributed by atoms with E-state index in [9.17, 15) is 0 Å². The van der Waals surface area contributed by atoms with Crippen LogP contribution in [-0.2, 0) is 17.1 Å². The van der Waals surface area contributed by atoms with E-state index in [0.717, 1.165) is 17.2 Å². The topological polar surface area (TPSA) is 88.4 Å². The Bertz CT molecular complexity index is 1380. The van der Waals surface area contributed by atoms with Gasteiger partial charge in [-0.05, 0) is 109 Å². The Hall–Kier alpha value is -5.36. The summed E-state index contributed by atoms with van der Waals surface area (Å²) in [6.07, 6.45) is 0. The molecule has 0 aliphatic rings. The van der Waals surface area contributed by atoms with Gasteiger partial charge >= 0.3 is 0 Å². The van der Waals surface area contributed by atoms with Crippen LogP contribution in [0.25, 0.3) is 0 Å². The van der Waals surface area contributed by atoms with Crippen LogP contribution in [0.5, 0.6) is 51.7 Å². The van der Waals surface area contributed by atoms with E-state index in [2.05, 4.69) is 0 Å². The molecule has 7 heteroatoms. The second-order valence-corrected chi connectivity index (χ2v) is 8.73. The molecule has 0 saturated heterocycles. The molecule has 0 aliphatic heterocycles. The van der Waals surface area contributed by atoms with Gasteiger partial charge in [-0.15, -0.1) is 0 Å². The Kier molecular flexibility index (Phi) is 13.1. The molecule has 217 valence electrons. The zero-order valence-electron chi connectivity index (χ0n) is 23.0. The Labute approximate surface area is 261 Å². The molecule has 6 aromatic carbocycles. The molecule has 0 spiro atoms. The summed E-state index contributed by atoms with van der Waals surface area (Å²) in [5.74, 6) is 5.24. The molecule has 0 unspecified atom stereocenters. The summed E-state index contributed by atoms with van der Waals surface area (Å²) in [4.78, 5) is 0. The van der Waals surface area contributed by atoms with E-state index < -0.39 is 0 Å². The van der Waals surface area contributed by atoms with Crippen LogP contribution >= 0.6 is 0 Å². The molecule has 0 bridgehead atoms. The van der Waals surface area contributed by atoms with E-state index in [1.165, 1.54) is 0 Å². The van der Waals surface area contributed by atoms with Crippen molar-refractivity contribution in [2.24, 2.45) is 0 Å². The number of para-hydroxylation sites is 3. The summed E-state index contributed by atoms with van der Waals surface area (Å²) in [5, 5.41) is 27.2. The van der Waals surface area contributed by atoms with Gasteiger partial charge in [0.15, 0.2) is 0 Å². The van der Waals surface area contributed by atoms with Crippen LogP contribution in [0.15, 0.2) is 164 Å². The van der Waals surface area contributed by atoms with E-state index in [-0.39, 0.29) is 34.3 Å². The molecule has 3 N–H and O–H groups in total. The minimum Gasteiger partial charge on any atom is -0.508 e. The largest absolute Gasteiger partial charge is 0.508 e. The van der Waals surface area contributed by atoms with Gasteiger partial charge in [-0.1, -0.05) is 54.6 Å². The molecule has 0 heterocycles. The number of benzene rings is 6. The number of rotatable bonds is 6. The predicted molar refractivity (Wildman–Crippen MR) is 164 cm³/mol. The first-order valence-corrected chi connectivity index (χ1v) is 13.1. The van der Waals surface area contributed by atoms with Gasteiger partial charge < -0.3 is 29.5 Å². The third kappa shape index (κ3) is 12.0. The van der Waals surface area contributed by atoms with Crippen molar-refractivity contribution in [2.45, 2.75) is 0 Å². The van der Waals surface area contributed by atoms with Crippen LogP contribution in [0, 0.1) is 0 Å². The van der Waals surface area contributed by atoms with Crippen molar-refractivity contribution in [1.82, 2.24) is 0 Å². The molecule has 0 aliphatic carbocycles. The SMILES string of the molecule is Oc1ccc(Oc2ccccc2)cc1.Oc1ccc(Oc2ccccc2)cc1.Oc1ccc(Oc2ccccc2)cc1.[Mn]. The standard InChI is InChI=1S/3C12H10O2.Mn/c3*13-10-6-8-12(9-7-10)14-11-4-2-1-3-5-11;/h3*1-9,13H;. The van der Waals surface area contributed by atoms with Crippen LogP contribution < -0.4 is 14.2 Å². The van der Waals surface area contributed by atoms with E-state index in [0.29, 0.717) is 17.2 Å². The number of phenolic OH excluding ortho intramolecular Hbond substituents is 3. The van der Waals surface area contributed by atoms with Gasteiger partial charge in [0.2, 0.25) is 0 Å². The maximum atomic E-state index is 9.07. The molecule has 0 atom stereocenters. The zero-order valence-corrected chi connectivity index (χ0v) is 24.2. The maximum Gasteiger partial charge on any atom is 0.127 e. The number of aromatic hydroxyl groups is 3. The Morgan fingerprint density at radius 1 is 0.256 bits per heavy atom. The minimum atomic E-state index is 0. The van der Waals surface area contributed by atoms with Crippen molar-refractivity contribution in [1.29, 1.82) is 0 Å². The first kappa shape index (κ1) is 32.2. The third-order valence-electron chi connectivity index (χ3n) is 5.45. The van der Waals surface area contributed by atoms with Crippen LogP contribution in [-0.4, -0.2) is 15.3 Å². The van der Waals surface area contributed by atoms with Crippen molar-refractivity contribution in [3.63, 3.8) is 0 Å². The summed E-state index contributed by atoms with van der Waals surface area (Å²) in [6.45, 7) is 0. The molecule has 0 aromatic heterocycles. The fourth-order valence-electron chi connectivity index (χ4n) is 3.42. The molecular weight excluding hydrogens is 583 g/mol. The third-order valence-corrected chi connectivity index (χ3v) is 5.45. The molecule has 6 rings (SSSR count). The zero-order chi connectivity index (χ0) is 29.4. The van der Waals surface area contributed by atoms with Crippen LogP contribution in [0.1, 0.15) is 0 Å².